The fraction of sp³-hybridized carbons (Fsp3) is 0.150. The number of amides is 4. The maximum atomic E-state index is 12.8. The summed E-state index contributed by atoms with van der Waals surface area (Å²) < 4.78 is 0. The monoisotopic (exact) mass is 379 g/mol. The van der Waals surface area contributed by atoms with Gasteiger partial charge in [0.1, 0.15) is 5.57 Å². The highest BCUT2D eigenvalue weighted by molar-refractivity contribution is 6.39. The summed E-state index contributed by atoms with van der Waals surface area (Å²) in [7, 11) is 0. The average Bonchev–Trinajstić information content (AvgIpc) is 2.65. The molecule has 0 aromatic heterocycles. The summed E-state index contributed by atoms with van der Waals surface area (Å²) in [6.45, 7) is 4.11. The number of imide groups is 2. The molecule has 8 heteroatoms. The number of hydrogen-bond donors (Lipinski definition) is 1. The Kier molecular flexibility index (Phi) is 5.04. The van der Waals surface area contributed by atoms with Crippen LogP contribution in [0.5, 0.6) is 0 Å². The summed E-state index contributed by atoms with van der Waals surface area (Å²) in [5.41, 5.74) is 1.51. The number of non-ortho nitro benzene ring substituents is 1. The molecule has 0 aliphatic carbocycles. The molecule has 0 radical (unpaired) electrons. The van der Waals surface area contributed by atoms with Crippen LogP contribution in [0.3, 0.4) is 0 Å². The number of carbonyl (C=O) groups excluding carboxylic acids is 3. The van der Waals surface area contributed by atoms with Crippen molar-refractivity contribution in [2.45, 2.75) is 19.8 Å². The molecule has 142 valence electrons. The zero-order valence-corrected chi connectivity index (χ0v) is 15.2. The Balaban J connectivity index is 1.94. The van der Waals surface area contributed by atoms with Crippen molar-refractivity contribution in [3.63, 3.8) is 0 Å². The minimum Gasteiger partial charge on any atom is -0.273 e. The maximum Gasteiger partial charge on any atom is 0.335 e. The van der Waals surface area contributed by atoms with Crippen LogP contribution < -0.4 is 10.2 Å². The lowest BCUT2D eigenvalue weighted by Gasteiger charge is -2.26. The van der Waals surface area contributed by atoms with Gasteiger partial charge >= 0.3 is 6.03 Å². The molecule has 0 spiro atoms. The normalized spacial score (nSPS) is 15.9. The van der Waals surface area contributed by atoms with Gasteiger partial charge < -0.3 is 0 Å². The lowest BCUT2D eigenvalue weighted by atomic mass is 10.0. The van der Waals surface area contributed by atoms with Crippen molar-refractivity contribution < 1.29 is 19.3 Å². The Hall–Kier alpha value is -3.81. The van der Waals surface area contributed by atoms with Gasteiger partial charge in [-0.2, -0.15) is 0 Å². The van der Waals surface area contributed by atoms with Gasteiger partial charge in [-0.05, 0) is 35.3 Å². The fourth-order valence-corrected chi connectivity index (χ4v) is 2.76. The first-order valence-electron chi connectivity index (χ1n) is 8.54. The van der Waals surface area contributed by atoms with E-state index in [4.69, 9.17) is 0 Å². The van der Waals surface area contributed by atoms with Crippen molar-refractivity contribution in [1.82, 2.24) is 5.32 Å². The summed E-state index contributed by atoms with van der Waals surface area (Å²) in [6.07, 6.45) is 1.41. The second-order valence-electron chi connectivity index (χ2n) is 6.55. The second kappa shape index (κ2) is 7.43. The van der Waals surface area contributed by atoms with E-state index >= 15 is 0 Å². The van der Waals surface area contributed by atoms with Crippen molar-refractivity contribution in [2.75, 3.05) is 4.90 Å². The second-order valence-corrected chi connectivity index (χ2v) is 6.55. The summed E-state index contributed by atoms with van der Waals surface area (Å²) in [5, 5.41) is 12.9. The van der Waals surface area contributed by atoms with E-state index in [2.05, 4.69) is 19.2 Å². The number of nitrogens with one attached hydrogen (secondary N) is 1. The Morgan fingerprint density at radius 3 is 2.14 bits per heavy atom. The van der Waals surface area contributed by atoms with E-state index in [1.54, 1.807) is 12.1 Å². The van der Waals surface area contributed by atoms with E-state index in [-0.39, 0.29) is 16.9 Å². The molecule has 4 amide bonds. The molecule has 1 N–H and O–H groups in total. The van der Waals surface area contributed by atoms with Crippen molar-refractivity contribution in [3.05, 3.63) is 75.3 Å². The molecule has 1 aliphatic heterocycles. The molecule has 28 heavy (non-hydrogen) atoms. The molecular weight excluding hydrogens is 362 g/mol. The van der Waals surface area contributed by atoms with Crippen LogP contribution in [-0.4, -0.2) is 22.8 Å². The molecule has 2 aromatic carbocycles. The molecule has 1 heterocycles. The molecule has 0 unspecified atom stereocenters. The average molecular weight is 379 g/mol. The molecular formula is C20H17N3O5. The third-order valence-corrected chi connectivity index (χ3v) is 4.33. The van der Waals surface area contributed by atoms with Gasteiger partial charge in [0.05, 0.1) is 10.6 Å². The Morgan fingerprint density at radius 1 is 1.00 bits per heavy atom. The number of nitro groups is 1. The van der Waals surface area contributed by atoms with Gasteiger partial charge in [0.2, 0.25) is 0 Å². The number of anilines is 1. The molecule has 3 rings (SSSR count). The minimum absolute atomic E-state index is 0.127. The van der Waals surface area contributed by atoms with Crippen molar-refractivity contribution in [1.29, 1.82) is 0 Å². The highest BCUT2D eigenvalue weighted by Crippen LogP contribution is 2.24. The molecule has 2 aromatic rings. The van der Waals surface area contributed by atoms with Crippen LogP contribution in [-0.2, 0) is 9.59 Å². The van der Waals surface area contributed by atoms with E-state index in [9.17, 15) is 24.5 Å². The van der Waals surface area contributed by atoms with Crippen molar-refractivity contribution in [2.24, 2.45) is 0 Å². The van der Waals surface area contributed by atoms with Gasteiger partial charge in [0.15, 0.2) is 0 Å². The smallest absolute Gasteiger partial charge is 0.273 e. The molecule has 1 aliphatic rings. The highest BCUT2D eigenvalue weighted by Gasteiger charge is 2.36. The Labute approximate surface area is 160 Å². The number of nitrogens with zero attached hydrogens (tertiary/aromatic N) is 2. The van der Waals surface area contributed by atoms with Crippen LogP contribution in [0, 0.1) is 10.1 Å². The number of carbonyl (C=O) groups is 3. The standard InChI is InChI=1S/C20H17N3O5/c1-12(2)14-5-3-13(4-6-14)11-17-18(24)21-20(26)22(19(17)25)15-7-9-16(10-8-15)23(27)28/h3-12H,1-2H3,(H,21,24,26)/b17-11+. The highest BCUT2D eigenvalue weighted by atomic mass is 16.6. The van der Waals surface area contributed by atoms with Gasteiger partial charge in [-0.25, -0.2) is 9.69 Å². The van der Waals surface area contributed by atoms with Crippen molar-refractivity contribution >= 4 is 35.3 Å². The molecule has 1 fully saturated rings. The first-order valence-corrected chi connectivity index (χ1v) is 8.54. The summed E-state index contributed by atoms with van der Waals surface area (Å²) in [5.74, 6) is -1.24. The number of urea groups is 1. The predicted molar refractivity (Wildman–Crippen MR) is 103 cm³/mol. The lowest BCUT2D eigenvalue weighted by molar-refractivity contribution is -0.384. The van der Waals surface area contributed by atoms with Crippen LogP contribution in [0.15, 0.2) is 54.1 Å². The largest absolute Gasteiger partial charge is 0.335 e. The van der Waals surface area contributed by atoms with Gasteiger partial charge in [0.25, 0.3) is 17.5 Å². The number of benzene rings is 2. The number of barbiturate groups is 1. The van der Waals surface area contributed by atoms with Gasteiger partial charge in [-0.3, -0.25) is 25.0 Å². The third kappa shape index (κ3) is 3.66. The first kappa shape index (κ1) is 19.0. The van der Waals surface area contributed by atoms with Crippen LogP contribution in [0.1, 0.15) is 30.9 Å². The van der Waals surface area contributed by atoms with Crippen LogP contribution in [0.25, 0.3) is 6.08 Å². The van der Waals surface area contributed by atoms with E-state index in [1.165, 1.54) is 30.3 Å². The molecule has 8 nitrogen and oxygen atoms in total. The minimum atomic E-state index is -0.906. The third-order valence-electron chi connectivity index (χ3n) is 4.33. The predicted octanol–water partition coefficient (Wildman–Crippen LogP) is 3.38. The van der Waals surface area contributed by atoms with E-state index in [0.717, 1.165) is 10.5 Å². The molecule has 0 bridgehead atoms. The zero-order chi connectivity index (χ0) is 20.4. The topological polar surface area (TPSA) is 110 Å². The van der Waals surface area contributed by atoms with E-state index in [1.807, 2.05) is 12.1 Å². The number of rotatable bonds is 4. The Bertz CT molecular complexity index is 992. The van der Waals surface area contributed by atoms with Crippen LogP contribution in [0.2, 0.25) is 0 Å². The lowest BCUT2D eigenvalue weighted by Crippen LogP contribution is -2.54. The van der Waals surface area contributed by atoms with Crippen LogP contribution >= 0.6 is 0 Å². The van der Waals surface area contributed by atoms with E-state index < -0.39 is 22.8 Å². The zero-order valence-electron chi connectivity index (χ0n) is 15.2. The molecule has 0 atom stereocenters. The maximum absolute atomic E-state index is 12.8. The molecule has 1 saturated heterocycles. The summed E-state index contributed by atoms with van der Waals surface area (Å²) in [6, 6.07) is 11.4. The van der Waals surface area contributed by atoms with Gasteiger partial charge in [-0.1, -0.05) is 38.1 Å². The van der Waals surface area contributed by atoms with E-state index in [0.29, 0.717) is 11.5 Å². The quantitative estimate of drug-likeness (QED) is 0.379. The van der Waals surface area contributed by atoms with Crippen molar-refractivity contribution in [3.8, 4) is 0 Å². The SMILES string of the molecule is CC(C)c1ccc(/C=C2\C(=O)NC(=O)N(c3ccc([N+](=O)[O-])cc3)C2=O)cc1. The number of hydrogen-bond acceptors (Lipinski definition) is 5. The van der Waals surface area contributed by atoms with Gasteiger partial charge in [-0.15, -0.1) is 0 Å². The number of nitro benzene ring substituents is 1. The summed E-state index contributed by atoms with van der Waals surface area (Å²) >= 11 is 0. The molecule has 0 saturated carbocycles. The Morgan fingerprint density at radius 2 is 1.61 bits per heavy atom. The first-order chi connectivity index (χ1) is 13.3. The van der Waals surface area contributed by atoms with Crippen LogP contribution in [0.4, 0.5) is 16.2 Å². The van der Waals surface area contributed by atoms with Gasteiger partial charge in [0, 0.05) is 12.1 Å². The summed E-state index contributed by atoms with van der Waals surface area (Å²) in [4.78, 5) is 48.1. The fourth-order valence-electron chi connectivity index (χ4n) is 2.76.